The molecule has 0 saturated heterocycles. The van der Waals surface area contributed by atoms with Crippen molar-refractivity contribution in [1.29, 1.82) is 0 Å². The maximum atomic E-state index is 11.4. The van der Waals surface area contributed by atoms with Crippen molar-refractivity contribution in [1.82, 2.24) is 5.32 Å². The summed E-state index contributed by atoms with van der Waals surface area (Å²) < 4.78 is 11.0. The zero-order valence-corrected chi connectivity index (χ0v) is 12.5. The van der Waals surface area contributed by atoms with Crippen molar-refractivity contribution in [3.8, 4) is 11.5 Å². The SMILES string of the molecule is CCNC(=O)CCNc1cc(OCC)ccc1OCC. The Bertz CT molecular complexity index is 422. The third-order valence-electron chi connectivity index (χ3n) is 2.60. The minimum Gasteiger partial charge on any atom is -0.494 e. The molecule has 0 saturated carbocycles. The first-order valence-corrected chi connectivity index (χ1v) is 7.11. The molecule has 1 aromatic carbocycles. The van der Waals surface area contributed by atoms with E-state index in [0.717, 1.165) is 17.2 Å². The van der Waals surface area contributed by atoms with Crippen molar-refractivity contribution in [2.75, 3.05) is 31.6 Å². The van der Waals surface area contributed by atoms with Gasteiger partial charge in [0.05, 0.1) is 18.9 Å². The normalized spacial score (nSPS) is 9.95. The summed E-state index contributed by atoms with van der Waals surface area (Å²) in [5, 5.41) is 5.99. The standard InChI is InChI=1S/C15H24N2O3/c1-4-16-15(18)9-10-17-13-11-12(19-5-2)7-8-14(13)20-6-3/h7-8,11,17H,4-6,9-10H2,1-3H3,(H,16,18). The summed E-state index contributed by atoms with van der Waals surface area (Å²) in [4.78, 5) is 11.4. The lowest BCUT2D eigenvalue weighted by atomic mass is 10.2. The number of rotatable bonds is 9. The van der Waals surface area contributed by atoms with Gasteiger partial charge in [0.15, 0.2) is 0 Å². The molecule has 0 aromatic heterocycles. The molecule has 0 unspecified atom stereocenters. The van der Waals surface area contributed by atoms with Crippen molar-refractivity contribution in [3.05, 3.63) is 18.2 Å². The Morgan fingerprint density at radius 1 is 1.15 bits per heavy atom. The zero-order valence-electron chi connectivity index (χ0n) is 12.5. The fourth-order valence-electron chi connectivity index (χ4n) is 1.78. The molecule has 0 spiro atoms. The molecule has 0 heterocycles. The molecule has 0 aliphatic rings. The average molecular weight is 280 g/mol. The molecular weight excluding hydrogens is 256 g/mol. The number of carbonyl (C=O) groups excluding carboxylic acids is 1. The Balaban J connectivity index is 2.64. The first kappa shape index (κ1) is 16.1. The van der Waals surface area contributed by atoms with Crippen LogP contribution < -0.4 is 20.1 Å². The second kappa shape index (κ2) is 9.07. The molecule has 1 rings (SSSR count). The molecule has 0 aliphatic heterocycles. The molecule has 2 N–H and O–H groups in total. The quantitative estimate of drug-likeness (QED) is 0.729. The molecule has 5 nitrogen and oxygen atoms in total. The lowest BCUT2D eigenvalue weighted by Crippen LogP contribution is -2.24. The largest absolute Gasteiger partial charge is 0.494 e. The van der Waals surface area contributed by atoms with Gasteiger partial charge in [0.25, 0.3) is 0 Å². The highest BCUT2D eigenvalue weighted by molar-refractivity contribution is 5.76. The molecule has 1 aromatic rings. The van der Waals surface area contributed by atoms with Crippen LogP contribution in [0.5, 0.6) is 11.5 Å². The fraction of sp³-hybridized carbons (Fsp3) is 0.533. The number of anilines is 1. The topological polar surface area (TPSA) is 59.6 Å². The summed E-state index contributed by atoms with van der Waals surface area (Å²) in [6.45, 7) is 8.22. The van der Waals surface area contributed by atoms with Crippen molar-refractivity contribution in [3.63, 3.8) is 0 Å². The van der Waals surface area contributed by atoms with Gasteiger partial charge in [-0.2, -0.15) is 0 Å². The molecule has 0 radical (unpaired) electrons. The van der Waals surface area contributed by atoms with E-state index in [9.17, 15) is 4.79 Å². The van der Waals surface area contributed by atoms with E-state index in [2.05, 4.69) is 10.6 Å². The number of benzene rings is 1. The van der Waals surface area contributed by atoms with Gasteiger partial charge in [0, 0.05) is 25.6 Å². The number of carbonyl (C=O) groups is 1. The Morgan fingerprint density at radius 2 is 1.90 bits per heavy atom. The van der Waals surface area contributed by atoms with Crippen LogP contribution in [0.15, 0.2) is 18.2 Å². The third-order valence-corrected chi connectivity index (χ3v) is 2.60. The van der Waals surface area contributed by atoms with Crippen LogP contribution in [-0.2, 0) is 4.79 Å². The molecule has 0 bridgehead atoms. The van der Waals surface area contributed by atoms with E-state index in [1.165, 1.54) is 0 Å². The van der Waals surface area contributed by atoms with Crippen LogP contribution >= 0.6 is 0 Å². The van der Waals surface area contributed by atoms with Gasteiger partial charge in [-0.15, -0.1) is 0 Å². The van der Waals surface area contributed by atoms with E-state index in [1.807, 2.05) is 39.0 Å². The third kappa shape index (κ3) is 5.38. The second-order valence-corrected chi connectivity index (χ2v) is 4.15. The van der Waals surface area contributed by atoms with Gasteiger partial charge in [-0.25, -0.2) is 0 Å². The molecule has 112 valence electrons. The van der Waals surface area contributed by atoms with E-state index in [1.54, 1.807) is 0 Å². The summed E-state index contributed by atoms with van der Waals surface area (Å²) in [7, 11) is 0. The molecule has 1 amide bonds. The lowest BCUT2D eigenvalue weighted by molar-refractivity contribution is -0.120. The van der Waals surface area contributed by atoms with Crippen molar-refractivity contribution in [2.45, 2.75) is 27.2 Å². The van der Waals surface area contributed by atoms with Crippen LogP contribution in [0.4, 0.5) is 5.69 Å². The molecular formula is C15H24N2O3. The van der Waals surface area contributed by atoms with Gasteiger partial charge in [-0.05, 0) is 32.9 Å². The first-order chi connectivity index (χ1) is 9.71. The summed E-state index contributed by atoms with van der Waals surface area (Å²) in [6.07, 6.45) is 0.429. The highest BCUT2D eigenvalue weighted by Gasteiger charge is 2.06. The van der Waals surface area contributed by atoms with Gasteiger partial charge in [0.1, 0.15) is 11.5 Å². The Hall–Kier alpha value is -1.91. The molecule has 0 aliphatic carbocycles. The monoisotopic (exact) mass is 280 g/mol. The van der Waals surface area contributed by atoms with Crippen LogP contribution in [-0.4, -0.2) is 32.2 Å². The maximum Gasteiger partial charge on any atom is 0.221 e. The number of nitrogens with one attached hydrogen (secondary N) is 2. The van der Waals surface area contributed by atoms with Crippen LogP contribution in [0.2, 0.25) is 0 Å². The average Bonchev–Trinajstić information content (AvgIpc) is 2.42. The maximum absolute atomic E-state index is 11.4. The van der Waals surface area contributed by atoms with E-state index in [4.69, 9.17) is 9.47 Å². The van der Waals surface area contributed by atoms with Crippen LogP contribution in [0, 0.1) is 0 Å². The van der Waals surface area contributed by atoms with Crippen molar-refractivity contribution in [2.24, 2.45) is 0 Å². The number of amides is 1. The Morgan fingerprint density at radius 3 is 2.55 bits per heavy atom. The van der Waals surface area contributed by atoms with Crippen LogP contribution in [0.3, 0.4) is 0 Å². The molecule has 20 heavy (non-hydrogen) atoms. The van der Waals surface area contributed by atoms with E-state index < -0.39 is 0 Å². The molecule has 5 heteroatoms. The zero-order chi connectivity index (χ0) is 14.8. The van der Waals surface area contributed by atoms with Crippen LogP contribution in [0.25, 0.3) is 0 Å². The Labute approximate surface area is 120 Å². The van der Waals surface area contributed by atoms with E-state index in [0.29, 0.717) is 32.7 Å². The van der Waals surface area contributed by atoms with E-state index >= 15 is 0 Å². The fourth-order valence-corrected chi connectivity index (χ4v) is 1.78. The number of hydrogen-bond acceptors (Lipinski definition) is 4. The minimum atomic E-state index is 0.0407. The highest BCUT2D eigenvalue weighted by Crippen LogP contribution is 2.29. The smallest absolute Gasteiger partial charge is 0.221 e. The predicted molar refractivity (Wildman–Crippen MR) is 80.6 cm³/mol. The van der Waals surface area contributed by atoms with Gasteiger partial charge in [-0.3, -0.25) is 4.79 Å². The summed E-state index contributed by atoms with van der Waals surface area (Å²) in [5.74, 6) is 1.60. The van der Waals surface area contributed by atoms with Crippen LogP contribution in [0.1, 0.15) is 27.2 Å². The number of ether oxygens (including phenoxy) is 2. The summed E-state index contributed by atoms with van der Waals surface area (Å²) in [5.41, 5.74) is 0.849. The summed E-state index contributed by atoms with van der Waals surface area (Å²) >= 11 is 0. The van der Waals surface area contributed by atoms with Gasteiger partial charge < -0.3 is 20.1 Å². The van der Waals surface area contributed by atoms with Gasteiger partial charge in [-0.1, -0.05) is 0 Å². The van der Waals surface area contributed by atoms with E-state index in [-0.39, 0.29) is 5.91 Å². The summed E-state index contributed by atoms with van der Waals surface area (Å²) in [6, 6.07) is 5.65. The molecule has 0 atom stereocenters. The van der Waals surface area contributed by atoms with Crippen molar-refractivity contribution >= 4 is 11.6 Å². The first-order valence-electron chi connectivity index (χ1n) is 7.11. The molecule has 0 fully saturated rings. The van der Waals surface area contributed by atoms with Gasteiger partial charge >= 0.3 is 0 Å². The van der Waals surface area contributed by atoms with Crippen molar-refractivity contribution < 1.29 is 14.3 Å². The Kier molecular flexibility index (Phi) is 7.32. The lowest BCUT2D eigenvalue weighted by Gasteiger charge is -2.14. The number of hydrogen-bond donors (Lipinski definition) is 2. The van der Waals surface area contributed by atoms with Gasteiger partial charge in [0.2, 0.25) is 5.91 Å². The second-order valence-electron chi connectivity index (χ2n) is 4.15. The minimum absolute atomic E-state index is 0.0407. The predicted octanol–water partition coefficient (Wildman–Crippen LogP) is 2.42. The highest BCUT2D eigenvalue weighted by atomic mass is 16.5.